The highest BCUT2D eigenvalue weighted by Gasteiger charge is 2.16. The first-order valence-corrected chi connectivity index (χ1v) is 4.66. The van der Waals surface area contributed by atoms with Crippen molar-refractivity contribution < 1.29 is 13.9 Å². The van der Waals surface area contributed by atoms with E-state index >= 15 is 0 Å². The van der Waals surface area contributed by atoms with Crippen LogP contribution in [0.5, 0.6) is 0 Å². The molecular formula is C10H13FN2O3. The van der Waals surface area contributed by atoms with Crippen LogP contribution in [0.15, 0.2) is 16.9 Å². The minimum Gasteiger partial charge on any atom is -0.444 e. The third-order valence-corrected chi connectivity index (χ3v) is 1.45. The molecule has 1 heterocycles. The Morgan fingerprint density at radius 2 is 2.06 bits per heavy atom. The van der Waals surface area contributed by atoms with Gasteiger partial charge in [-0.05, 0) is 20.8 Å². The van der Waals surface area contributed by atoms with Crippen molar-refractivity contribution in [1.29, 1.82) is 0 Å². The molecule has 1 aromatic heterocycles. The Hall–Kier alpha value is -1.85. The number of hydrogen-bond acceptors (Lipinski definition) is 3. The van der Waals surface area contributed by atoms with Gasteiger partial charge in [-0.3, -0.25) is 10.1 Å². The molecule has 2 N–H and O–H groups in total. The van der Waals surface area contributed by atoms with Gasteiger partial charge in [-0.25, -0.2) is 4.79 Å². The molecule has 6 heteroatoms. The number of pyridine rings is 1. The highest BCUT2D eigenvalue weighted by molar-refractivity contribution is 5.83. The van der Waals surface area contributed by atoms with Crippen LogP contribution in [0, 0.1) is 5.95 Å². The number of hydrogen-bond donors (Lipinski definition) is 2. The van der Waals surface area contributed by atoms with Crippen molar-refractivity contribution >= 4 is 11.9 Å². The van der Waals surface area contributed by atoms with E-state index < -0.39 is 23.1 Å². The van der Waals surface area contributed by atoms with Crippen molar-refractivity contribution in [3.63, 3.8) is 0 Å². The maximum atomic E-state index is 12.8. The van der Waals surface area contributed by atoms with E-state index in [0.717, 1.165) is 12.1 Å². The summed E-state index contributed by atoms with van der Waals surface area (Å²) in [4.78, 5) is 24.4. The van der Waals surface area contributed by atoms with Crippen LogP contribution < -0.4 is 10.7 Å². The van der Waals surface area contributed by atoms with Gasteiger partial charge in [0.1, 0.15) is 11.4 Å². The average molecular weight is 228 g/mol. The molecule has 5 nitrogen and oxygen atoms in total. The zero-order valence-electron chi connectivity index (χ0n) is 9.26. The lowest BCUT2D eigenvalue weighted by Gasteiger charge is -2.19. The Morgan fingerprint density at radius 1 is 1.44 bits per heavy atom. The van der Waals surface area contributed by atoms with Gasteiger partial charge in [0.15, 0.2) is 11.4 Å². The average Bonchev–Trinajstić information content (AvgIpc) is 1.96. The maximum Gasteiger partial charge on any atom is 0.413 e. The Labute approximate surface area is 91.6 Å². The molecule has 88 valence electrons. The van der Waals surface area contributed by atoms with Gasteiger partial charge in [-0.2, -0.15) is 4.39 Å². The van der Waals surface area contributed by atoms with E-state index in [4.69, 9.17) is 4.74 Å². The number of amides is 1. The first-order valence-electron chi connectivity index (χ1n) is 4.66. The second kappa shape index (κ2) is 4.34. The van der Waals surface area contributed by atoms with Crippen molar-refractivity contribution in [2.45, 2.75) is 26.4 Å². The highest BCUT2D eigenvalue weighted by atomic mass is 19.1. The van der Waals surface area contributed by atoms with Crippen LogP contribution in [-0.4, -0.2) is 16.7 Å². The summed E-state index contributed by atoms with van der Waals surface area (Å²) < 4.78 is 17.7. The Morgan fingerprint density at radius 3 is 2.56 bits per heavy atom. The molecule has 0 bridgehead atoms. The third-order valence-electron chi connectivity index (χ3n) is 1.45. The number of anilines is 1. The standard InChI is InChI=1S/C10H13FN2O3/c1-10(2,3)16-9(15)13-8-5-6(14)4-7(11)12-8/h4-5H,1-3H3,(H2,12,13,14,15). The number of carbonyl (C=O) groups is 1. The summed E-state index contributed by atoms with van der Waals surface area (Å²) in [6.45, 7) is 5.09. The van der Waals surface area contributed by atoms with Crippen molar-refractivity contribution in [2.75, 3.05) is 5.32 Å². The molecule has 0 saturated heterocycles. The minimum atomic E-state index is -0.821. The fourth-order valence-electron chi connectivity index (χ4n) is 0.991. The summed E-state index contributed by atoms with van der Waals surface area (Å²) >= 11 is 0. The molecule has 0 fully saturated rings. The summed E-state index contributed by atoms with van der Waals surface area (Å²) in [5.41, 5.74) is -1.19. The van der Waals surface area contributed by atoms with E-state index in [0.29, 0.717) is 0 Å². The summed E-state index contributed by atoms with van der Waals surface area (Å²) in [7, 11) is 0. The lowest BCUT2D eigenvalue weighted by molar-refractivity contribution is 0.0635. The number of ether oxygens (including phenoxy) is 1. The monoisotopic (exact) mass is 228 g/mol. The largest absolute Gasteiger partial charge is 0.444 e. The molecule has 0 unspecified atom stereocenters. The lowest BCUT2D eigenvalue weighted by Crippen LogP contribution is -2.27. The van der Waals surface area contributed by atoms with E-state index in [9.17, 15) is 14.0 Å². The van der Waals surface area contributed by atoms with E-state index in [1.165, 1.54) is 0 Å². The number of carbonyl (C=O) groups excluding carboxylic acids is 1. The van der Waals surface area contributed by atoms with Crippen LogP contribution >= 0.6 is 0 Å². The summed E-state index contributed by atoms with van der Waals surface area (Å²) in [6, 6.07) is 1.84. The Kier molecular flexibility index (Phi) is 3.31. The molecule has 16 heavy (non-hydrogen) atoms. The SMILES string of the molecule is CC(C)(C)OC(=O)Nc1cc(=O)cc(F)[nH]1. The molecule has 0 aliphatic carbocycles. The molecule has 1 rings (SSSR count). The van der Waals surface area contributed by atoms with Gasteiger partial charge in [0, 0.05) is 12.1 Å². The number of aromatic nitrogens is 1. The third kappa shape index (κ3) is 4.12. The van der Waals surface area contributed by atoms with Gasteiger partial charge >= 0.3 is 6.09 Å². The Balaban J connectivity index is 2.74. The van der Waals surface area contributed by atoms with Crippen LogP contribution in [-0.2, 0) is 4.74 Å². The van der Waals surface area contributed by atoms with E-state index in [1.807, 2.05) is 0 Å². The van der Waals surface area contributed by atoms with Crippen LogP contribution in [0.2, 0.25) is 0 Å². The van der Waals surface area contributed by atoms with Gasteiger partial charge in [-0.15, -0.1) is 0 Å². The van der Waals surface area contributed by atoms with Crippen molar-refractivity contribution in [1.82, 2.24) is 4.98 Å². The number of rotatable bonds is 1. The van der Waals surface area contributed by atoms with Crippen molar-refractivity contribution in [2.24, 2.45) is 0 Å². The summed E-state index contributed by atoms with van der Waals surface area (Å²) in [6.07, 6.45) is -0.756. The molecule has 0 radical (unpaired) electrons. The first-order chi connectivity index (χ1) is 7.26. The van der Waals surface area contributed by atoms with Gasteiger partial charge in [0.25, 0.3) is 0 Å². The molecule has 0 atom stereocenters. The van der Waals surface area contributed by atoms with Crippen LogP contribution in [0.4, 0.5) is 15.0 Å². The summed E-state index contributed by atoms with van der Waals surface area (Å²) in [5, 5.41) is 2.22. The predicted octanol–water partition coefficient (Wildman–Crippen LogP) is 1.86. The fraction of sp³-hybridized carbons (Fsp3) is 0.400. The van der Waals surface area contributed by atoms with Crippen LogP contribution in [0.1, 0.15) is 20.8 Å². The maximum absolute atomic E-state index is 12.8. The fourth-order valence-corrected chi connectivity index (χ4v) is 0.991. The van der Waals surface area contributed by atoms with Gasteiger partial charge in [-0.1, -0.05) is 0 Å². The topological polar surface area (TPSA) is 71.2 Å². The number of H-pyrrole nitrogens is 1. The Bertz CT molecular complexity index is 448. The molecule has 0 aliphatic heterocycles. The second-order valence-corrected chi connectivity index (χ2v) is 4.20. The van der Waals surface area contributed by atoms with Crippen LogP contribution in [0.3, 0.4) is 0 Å². The molecule has 0 aromatic carbocycles. The predicted molar refractivity (Wildman–Crippen MR) is 56.9 cm³/mol. The molecule has 0 saturated carbocycles. The van der Waals surface area contributed by atoms with Gasteiger partial charge in [0.2, 0.25) is 0 Å². The minimum absolute atomic E-state index is 0.0424. The molecule has 0 aliphatic rings. The van der Waals surface area contributed by atoms with Crippen LogP contribution in [0.25, 0.3) is 0 Å². The molecule has 0 spiro atoms. The number of halogens is 1. The van der Waals surface area contributed by atoms with Gasteiger partial charge < -0.3 is 9.72 Å². The number of aromatic amines is 1. The quantitative estimate of drug-likeness (QED) is 0.720. The number of nitrogens with one attached hydrogen (secondary N) is 2. The van der Waals surface area contributed by atoms with E-state index in [2.05, 4.69) is 10.3 Å². The van der Waals surface area contributed by atoms with E-state index in [-0.39, 0.29) is 5.82 Å². The summed E-state index contributed by atoms with van der Waals surface area (Å²) in [5.74, 6) is -0.863. The highest BCUT2D eigenvalue weighted by Crippen LogP contribution is 2.09. The zero-order chi connectivity index (χ0) is 12.3. The second-order valence-electron chi connectivity index (χ2n) is 4.20. The van der Waals surface area contributed by atoms with Gasteiger partial charge in [0.05, 0.1) is 0 Å². The zero-order valence-corrected chi connectivity index (χ0v) is 9.26. The molecule has 1 aromatic rings. The smallest absolute Gasteiger partial charge is 0.413 e. The molecular weight excluding hydrogens is 215 g/mol. The normalized spacial score (nSPS) is 11.0. The van der Waals surface area contributed by atoms with Crippen molar-refractivity contribution in [3.05, 3.63) is 28.3 Å². The van der Waals surface area contributed by atoms with E-state index in [1.54, 1.807) is 20.8 Å². The lowest BCUT2D eigenvalue weighted by atomic mass is 10.2. The van der Waals surface area contributed by atoms with Crippen molar-refractivity contribution in [3.8, 4) is 0 Å². The first kappa shape index (κ1) is 12.2. The molecule has 1 amide bonds.